The van der Waals surface area contributed by atoms with E-state index in [1.165, 1.54) is 18.2 Å². The van der Waals surface area contributed by atoms with Gasteiger partial charge in [0.2, 0.25) is 35.6 Å². The first kappa shape index (κ1) is 85.9. The van der Waals surface area contributed by atoms with Crippen molar-refractivity contribution in [1.82, 2.24) is 103 Å². The van der Waals surface area contributed by atoms with E-state index in [9.17, 15) is 40.7 Å². The van der Waals surface area contributed by atoms with Crippen molar-refractivity contribution >= 4 is 86.1 Å². The Morgan fingerprint density at radius 3 is 0.833 bits per heavy atom. The zero-order valence-corrected chi connectivity index (χ0v) is 70.3. The number of hydrogen-bond donors (Lipinski definition) is 3. The number of rotatable bonds is 21. The lowest BCUT2D eigenvalue weighted by molar-refractivity contribution is -0.133. The number of carbonyl (C=O) groups excluding carboxylic acids is 3. The summed E-state index contributed by atoms with van der Waals surface area (Å²) in [6.45, 7) is 39.3. The molecule has 120 heavy (non-hydrogen) atoms. The lowest BCUT2D eigenvalue weighted by Crippen LogP contribution is -2.35. The van der Waals surface area contributed by atoms with E-state index in [0.717, 1.165) is 94.2 Å². The third-order valence-corrected chi connectivity index (χ3v) is 22.5. The smallest absolute Gasteiger partial charge is 0.229 e. The van der Waals surface area contributed by atoms with Crippen molar-refractivity contribution in [3.05, 3.63) is 179 Å². The number of hydrogen-bond acceptors (Lipinski definition) is 21. The number of halogens is 6. The predicted molar refractivity (Wildman–Crippen MR) is 451 cm³/mol. The van der Waals surface area contributed by atoms with Crippen molar-refractivity contribution in [2.45, 2.75) is 159 Å². The van der Waals surface area contributed by atoms with Crippen LogP contribution in [0.4, 0.5) is 61.6 Å². The van der Waals surface area contributed by atoms with Gasteiger partial charge in [-0.3, -0.25) is 14.4 Å². The van der Waals surface area contributed by atoms with Gasteiger partial charge in [-0.15, -0.1) is 0 Å². The fraction of sp³-hybridized carbons (Fsp3) is 0.414. The Labute approximate surface area is 693 Å². The molecule has 3 aliphatic rings. The molecule has 3 aromatic carbocycles. The van der Waals surface area contributed by atoms with Gasteiger partial charge >= 0.3 is 0 Å². The second-order valence-electron chi connectivity index (χ2n) is 31.2. The lowest BCUT2D eigenvalue weighted by Gasteiger charge is -2.28. The molecule has 3 aliphatic heterocycles. The first-order valence-corrected chi connectivity index (χ1v) is 40.8. The molecule has 9 aromatic heterocycles. The molecule has 0 saturated carbocycles. The van der Waals surface area contributed by atoms with Crippen LogP contribution in [0.1, 0.15) is 173 Å². The van der Waals surface area contributed by atoms with E-state index in [4.69, 9.17) is 0 Å². The average Bonchev–Trinajstić information content (AvgIpc) is 1.60. The zero-order valence-electron chi connectivity index (χ0n) is 70.3. The Balaban J connectivity index is 0.000000156. The maximum absolute atomic E-state index is 15.0. The second kappa shape index (κ2) is 37.1. The summed E-state index contributed by atoms with van der Waals surface area (Å²) in [5.74, 6) is 0.579. The predicted octanol–water partition coefficient (Wildman–Crippen LogP) is 16.2. The van der Waals surface area contributed by atoms with Gasteiger partial charge in [0.15, 0.2) is 34.9 Å². The number of fused-ring (bicyclic) bond motifs is 3. The summed E-state index contributed by atoms with van der Waals surface area (Å²) in [6.07, 6.45) is 9.82. The summed E-state index contributed by atoms with van der Waals surface area (Å²) < 4.78 is 95.3. The average molecular weight is 1650 g/mol. The van der Waals surface area contributed by atoms with Crippen molar-refractivity contribution in [1.29, 1.82) is 0 Å². The van der Waals surface area contributed by atoms with E-state index in [2.05, 4.69) is 111 Å². The molecule has 15 rings (SSSR count). The first-order chi connectivity index (χ1) is 57.5. The maximum Gasteiger partial charge on any atom is 0.229 e. The minimum absolute atomic E-state index is 0.0292. The highest BCUT2D eigenvalue weighted by Crippen LogP contribution is 2.37. The molecule has 1 unspecified atom stereocenters. The number of carbonyl (C=O) groups is 3. The molecule has 3 amide bonds. The lowest BCUT2D eigenvalue weighted by atomic mass is 10.1. The minimum Gasteiger partial charge on any atom is -0.335 e. The van der Waals surface area contributed by atoms with Crippen molar-refractivity contribution in [2.24, 2.45) is 0 Å². The van der Waals surface area contributed by atoms with E-state index in [1.807, 2.05) is 130 Å². The molecular weight excluding hydrogens is 1540 g/mol. The molecule has 3 saturated heterocycles. The number of nitrogens with one attached hydrogen (secondary N) is 3. The summed E-state index contributed by atoms with van der Waals surface area (Å²) in [6, 6.07) is 19.6. The largest absolute Gasteiger partial charge is 0.335 e. The van der Waals surface area contributed by atoms with Crippen LogP contribution in [0.3, 0.4) is 0 Å². The molecule has 3 fully saturated rings. The van der Waals surface area contributed by atoms with Crippen molar-refractivity contribution in [3.63, 3.8) is 0 Å². The normalized spacial score (nSPS) is 15.6. The van der Waals surface area contributed by atoms with E-state index < -0.39 is 34.9 Å². The van der Waals surface area contributed by atoms with Gasteiger partial charge in [0.1, 0.15) is 68.6 Å². The highest BCUT2D eigenvalue weighted by atomic mass is 19.1. The van der Waals surface area contributed by atoms with E-state index in [-0.39, 0.29) is 122 Å². The molecule has 3 atom stereocenters. The number of likely N-dealkylation sites (N-methyl/N-ethyl adjacent to an activating group) is 3. The molecule has 12 aromatic rings. The molecule has 3 N–H and O–H groups in total. The van der Waals surface area contributed by atoms with Gasteiger partial charge in [-0.1, -0.05) is 39.0 Å². The van der Waals surface area contributed by atoms with E-state index in [1.54, 1.807) is 55.0 Å². The number of pyridine rings is 3. The van der Waals surface area contributed by atoms with Crippen LogP contribution in [0.25, 0.3) is 66.9 Å². The number of benzene rings is 3. The molecule has 0 radical (unpaired) electrons. The number of aromatic nitrogens is 15. The second-order valence-corrected chi connectivity index (χ2v) is 31.2. The fourth-order valence-electron chi connectivity index (χ4n) is 16.0. The standard InChI is InChI=1S/3C29H34F2N8O/c3*1-6-37-10-9-26(40)38(12-11-37)18(4)20-7-8-25(32-15-20)35-29-33-16-23(31)27(36-29)21-13-22(30)28-24(14-21)39(17(2)3)19(5)34-28/h3*7-8,13-18H,6,9-12H2,1-5H3,(H,32,33,35,36)/t2*18-;/m10./s1. The summed E-state index contributed by atoms with van der Waals surface area (Å²) in [7, 11) is 0. The third-order valence-electron chi connectivity index (χ3n) is 22.5. The highest BCUT2D eigenvalue weighted by Gasteiger charge is 2.31. The zero-order chi connectivity index (χ0) is 85.7. The van der Waals surface area contributed by atoms with Gasteiger partial charge in [0, 0.05) is 132 Å². The number of anilines is 6. The summed E-state index contributed by atoms with van der Waals surface area (Å²) in [5, 5.41) is 9.02. The van der Waals surface area contributed by atoms with Gasteiger partial charge in [0.05, 0.1) is 53.3 Å². The van der Waals surface area contributed by atoms with Crippen LogP contribution < -0.4 is 16.0 Å². The molecule has 0 spiro atoms. The monoisotopic (exact) mass is 1640 g/mol. The molecule has 0 aliphatic carbocycles. The summed E-state index contributed by atoms with van der Waals surface area (Å²) in [5.41, 5.74) is 5.95. The van der Waals surface area contributed by atoms with Crippen LogP contribution in [0.15, 0.2) is 110 Å². The van der Waals surface area contributed by atoms with Crippen molar-refractivity contribution < 1.29 is 40.7 Å². The number of aryl methyl sites for hydroxylation is 3. The van der Waals surface area contributed by atoms with Gasteiger partial charge in [-0.25, -0.2) is 86.2 Å². The Kier molecular flexibility index (Phi) is 26.6. The van der Waals surface area contributed by atoms with Crippen LogP contribution in [0.2, 0.25) is 0 Å². The Hall–Kier alpha value is -12.0. The Morgan fingerprint density at radius 2 is 0.600 bits per heavy atom. The molecule has 0 bridgehead atoms. The maximum atomic E-state index is 15.0. The number of amides is 3. The Morgan fingerprint density at radius 1 is 0.333 bits per heavy atom. The topological polar surface area (TPSA) is 276 Å². The highest BCUT2D eigenvalue weighted by molar-refractivity contribution is 5.86. The first-order valence-electron chi connectivity index (χ1n) is 40.8. The van der Waals surface area contributed by atoms with Crippen LogP contribution in [-0.2, 0) is 14.4 Å². The molecule has 630 valence electrons. The van der Waals surface area contributed by atoms with Crippen LogP contribution >= 0.6 is 0 Å². The molecule has 33 heteroatoms. The fourth-order valence-corrected chi connectivity index (χ4v) is 16.0. The van der Waals surface area contributed by atoms with Gasteiger partial charge in [-0.2, -0.15) is 0 Å². The quantitative estimate of drug-likeness (QED) is 0.0564. The third kappa shape index (κ3) is 18.9. The van der Waals surface area contributed by atoms with Crippen LogP contribution in [0, 0.1) is 55.7 Å². The minimum atomic E-state index is -0.669. The van der Waals surface area contributed by atoms with Crippen LogP contribution in [-0.4, -0.2) is 199 Å². The number of nitrogens with zero attached hydrogens (tertiary/aromatic N) is 21. The van der Waals surface area contributed by atoms with Gasteiger partial charge in [-0.05, 0) is 174 Å². The summed E-state index contributed by atoms with van der Waals surface area (Å²) in [4.78, 5) is 102. The van der Waals surface area contributed by atoms with Gasteiger partial charge in [0.25, 0.3) is 0 Å². The SMILES string of the molecule is CCN1CCC(=O)N(C(C)c2ccc(Nc3ncc(F)c(-c4cc(F)c5nc(C)n(C(C)C)c5c4)n3)nc2)CC1.CCN1CCC(=O)N([C@@H](C)c2ccc(Nc3ncc(F)c(-c4cc(F)c5nc(C)n(C(C)C)c5c4)n3)nc2)CC1.CCN1CCC(=O)N([C@H](C)c2ccc(Nc3ncc(F)c(-c4cc(F)c5nc(C)n(C(C)C)c5c4)n3)nc2)CC1. The molecule has 12 heterocycles. The van der Waals surface area contributed by atoms with Crippen LogP contribution in [0.5, 0.6) is 0 Å². The molecular formula is C87H102F6N24O3. The van der Waals surface area contributed by atoms with Gasteiger partial charge < -0.3 is 59.1 Å². The number of imidazole rings is 3. The van der Waals surface area contributed by atoms with Crippen molar-refractivity contribution in [2.75, 3.05) is 94.5 Å². The summed E-state index contributed by atoms with van der Waals surface area (Å²) >= 11 is 0. The Bertz CT molecular complexity index is 5160. The van der Waals surface area contributed by atoms with E-state index >= 15 is 0 Å². The van der Waals surface area contributed by atoms with E-state index in [0.29, 0.717) is 90.4 Å². The molecule has 27 nitrogen and oxygen atoms in total. The van der Waals surface area contributed by atoms with Crippen molar-refractivity contribution in [3.8, 4) is 33.8 Å².